The molecule has 2 fully saturated rings. The van der Waals surface area contributed by atoms with Gasteiger partial charge in [0.05, 0.1) is 19.0 Å². The highest BCUT2D eigenvalue weighted by atomic mass is 32.2. The first-order chi connectivity index (χ1) is 9.98. The number of morpholine rings is 1. The first-order valence-corrected chi connectivity index (χ1v) is 9.67. The summed E-state index contributed by atoms with van der Waals surface area (Å²) in [5.74, 6) is 0.689. The Balaban J connectivity index is 1.76. The molecule has 6 nitrogen and oxygen atoms in total. The second kappa shape index (κ2) is 7.87. The van der Waals surface area contributed by atoms with Gasteiger partial charge in [-0.25, -0.2) is 13.1 Å². The molecule has 2 rings (SSSR count). The van der Waals surface area contributed by atoms with Crippen LogP contribution in [-0.2, 0) is 14.8 Å². The maximum Gasteiger partial charge on any atom is 0.213 e. The highest BCUT2D eigenvalue weighted by Crippen LogP contribution is 2.29. The van der Waals surface area contributed by atoms with Gasteiger partial charge < -0.3 is 15.4 Å². The van der Waals surface area contributed by atoms with Crippen LogP contribution in [0.25, 0.3) is 0 Å². The Bertz CT molecular complexity index is 408. The Labute approximate surface area is 128 Å². The molecule has 1 saturated heterocycles. The normalized spacial score (nSPS) is 30.9. The monoisotopic (exact) mass is 319 g/mol. The number of hydrogen-bond acceptors (Lipinski definition) is 5. The molecule has 1 aliphatic carbocycles. The van der Waals surface area contributed by atoms with Crippen LogP contribution >= 0.6 is 0 Å². The molecule has 1 saturated carbocycles. The molecule has 21 heavy (non-hydrogen) atoms. The zero-order valence-electron chi connectivity index (χ0n) is 13.1. The molecule has 124 valence electrons. The Morgan fingerprint density at radius 2 is 2.14 bits per heavy atom. The van der Waals surface area contributed by atoms with E-state index in [1.54, 1.807) is 0 Å². The molecule has 3 N–H and O–H groups in total. The third kappa shape index (κ3) is 5.49. The maximum atomic E-state index is 11.8. The van der Waals surface area contributed by atoms with Gasteiger partial charge in [-0.3, -0.25) is 0 Å². The third-order valence-corrected chi connectivity index (χ3v) is 5.80. The number of sulfonamides is 1. The first-order valence-electron chi connectivity index (χ1n) is 8.02. The van der Waals surface area contributed by atoms with Crippen LogP contribution in [0.2, 0.25) is 0 Å². The molecule has 3 atom stereocenters. The lowest BCUT2D eigenvalue weighted by atomic mass is 9.94. The Morgan fingerprint density at radius 3 is 2.81 bits per heavy atom. The Hall–Kier alpha value is -0.210. The number of hydrogen-bond donors (Lipinski definition) is 3. The first kappa shape index (κ1) is 17.1. The lowest BCUT2D eigenvalue weighted by molar-refractivity contribution is 0.0527. The van der Waals surface area contributed by atoms with Crippen molar-refractivity contribution in [3.8, 4) is 0 Å². The van der Waals surface area contributed by atoms with Gasteiger partial charge in [-0.2, -0.15) is 0 Å². The van der Waals surface area contributed by atoms with E-state index in [0.29, 0.717) is 24.5 Å². The van der Waals surface area contributed by atoms with E-state index in [4.69, 9.17) is 4.74 Å². The fraction of sp³-hybridized carbons (Fsp3) is 1.00. The molecule has 1 heterocycles. The van der Waals surface area contributed by atoms with Gasteiger partial charge in [0.15, 0.2) is 0 Å². The Kier molecular flexibility index (Phi) is 6.43. The average molecular weight is 319 g/mol. The molecule has 0 amide bonds. The standard InChI is InChI=1S/C14H29N3O3S/c1-11(2)17-21(18,19)9-7-16-13-5-3-4-12(13)14-10-20-8-6-15-14/h11-17H,3-10H2,1-2H3. The smallest absolute Gasteiger partial charge is 0.213 e. The predicted octanol–water partition coefficient (Wildman–Crippen LogP) is 0.0609. The maximum absolute atomic E-state index is 11.8. The molecule has 0 bridgehead atoms. The lowest BCUT2D eigenvalue weighted by Crippen LogP contribution is -2.51. The molecular weight excluding hydrogens is 290 g/mol. The summed E-state index contributed by atoms with van der Waals surface area (Å²) >= 11 is 0. The molecule has 1 aliphatic heterocycles. The minimum atomic E-state index is -3.17. The minimum absolute atomic E-state index is 0.0437. The van der Waals surface area contributed by atoms with Crippen LogP contribution in [0.3, 0.4) is 0 Å². The molecular formula is C14H29N3O3S. The highest BCUT2D eigenvalue weighted by molar-refractivity contribution is 7.89. The van der Waals surface area contributed by atoms with Gasteiger partial charge in [0.25, 0.3) is 0 Å². The topological polar surface area (TPSA) is 79.5 Å². The average Bonchev–Trinajstić information content (AvgIpc) is 2.86. The quantitative estimate of drug-likeness (QED) is 0.618. The lowest BCUT2D eigenvalue weighted by Gasteiger charge is -2.33. The van der Waals surface area contributed by atoms with Crippen molar-refractivity contribution < 1.29 is 13.2 Å². The van der Waals surface area contributed by atoms with Crippen molar-refractivity contribution in [1.82, 2.24) is 15.4 Å². The predicted molar refractivity (Wildman–Crippen MR) is 83.8 cm³/mol. The molecule has 0 spiro atoms. The van der Waals surface area contributed by atoms with Crippen molar-refractivity contribution >= 4 is 10.0 Å². The van der Waals surface area contributed by atoms with E-state index in [1.165, 1.54) is 12.8 Å². The van der Waals surface area contributed by atoms with Gasteiger partial charge >= 0.3 is 0 Å². The highest BCUT2D eigenvalue weighted by Gasteiger charge is 2.34. The SMILES string of the molecule is CC(C)NS(=O)(=O)CCNC1CCCC1C1COCCN1. The molecule has 0 aromatic heterocycles. The van der Waals surface area contributed by atoms with Crippen molar-refractivity contribution in [3.63, 3.8) is 0 Å². The third-order valence-electron chi connectivity index (χ3n) is 4.23. The summed E-state index contributed by atoms with van der Waals surface area (Å²) in [5.41, 5.74) is 0. The van der Waals surface area contributed by atoms with E-state index >= 15 is 0 Å². The molecule has 0 aromatic rings. The van der Waals surface area contributed by atoms with E-state index < -0.39 is 10.0 Å². The van der Waals surface area contributed by atoms with Crippen LogP contribution < -0.4 is 15.4 Å². The Morgan fingerprint density at radius 1 is 1.33 bits per heavy atom. The van der Waals surface area contributed by atoms with Gasteiger partial charge in [-0.15, -0.1) is 0 Å². The van der Waals surface area contributed by atoms with Crippen LogP contribution in [0, 0.1) is 5.92 Å². The second-order valence-corrected chi connectivity index (χ2v) is 8.26. The van der Waals surface area contributed by atoms with E-state index in [0.717, 1.165) is 26.2 Å². The van der Waals surface area contributed by atoms with Gasteiger partial charge in [0.1, 0.15) is 0 Å². The van der Waals surface area contributed by atoms with E-state index in [9.17, 15) is 8.42 Å². The van der Waals surface area contributed by atoms with Crippen LogP contribution in [0.4, 0.5) is 0 Å². The van der Waals surface area contributed by atoms with E-state index in [-0.39, 0.29) is 11.8 Å². The summed E-state index contributed by atoms with van der Waals surface area (Å²) in [4.78, 5) is 0. The molecule has 2 aliphatic rings. The van der Waals surface area contributed by atoms with Crippen LogP contribution in [-0.4, -0.2) is 58.6 Å². The number of rotatable bonds is 7. The summed E-state index contributed by atoms with van der Waals surface area (Å²) in [7, 11) is -3.17. The zero-order valence-corrected chi connectivity index (χ0v) is 13.9. The number of ether oxygens (including phenoxy) is 1. The van der Waals surface area contributed by atoms with Crippen molar-refractivity contribution in [2.24, 2.45) is 5.92 Å². The second-order valence-electron chi connectivity index (χ2n) is 6.38. The molecule has 7 heteroatoms. The summed E-state index contributed by atoms with van der Waals surface area (Å²) in [5, 5.41) is 6.97. The van der Waals surface area contributed by atoms with Gasteiger partial charge in [-0.1, -0.05) is 6.42 Å². The molecule has 0 aromatic carbocycles. The van der Waals surface area contributed by atoms with Crippen molar-refractivity contribution in [3.05, 3.63) is 0 Å². The van der Waals surface area contributed by atoms with Gasteiger partial charge in [-0.05, 0) is 32.6 Å². The summed E-state index contributed by atoms with van der Waals surface area (Å²) in [6.07, 6.45) is 3.52. The molecule has 0 radical (unpaired) electrons. The minimum Gasteiger partial charge on any atom is -0.379 e. The van der Waals surface area contributed by atoms with E-state index in [2.05, 4.69) is 15.4 Å². The van der Waals surface area contributed by atoms with Crippen molar-refractivity contribution in [1.29, 1.82) is 0 Å². The molecule has 3 unspecified atom stereocenters. The van der Waals surface area contributed by atoms with Crippen molar-refractivity contribution in [2.75, 3.05) is 32.1 Å². The number of nitrogens with one attached hydrogen (secondary N) is 3. The van der Waals surface area contributed by atoms with E-state index in [1.807, 2.05) is 13.8 Å². The van der Waals surface area contributed by atoms with Gasteiger partial charge in [0, 0.05) is 31.2 Å². The van der Waals surface area contributed by atoms with Crippen molar-refractivity contribution in [2.45, 2.75) is 51.2 Å². The van der Waals surface area contributed by atoms with Crippen LogP contribution in [0.15, 0.2) is 0 Å². The fourth-order valence-electron chi connectivity index (χ4n) is 3.38. The fourth-order valence-corrected chi connectivity index (χ4v) is 4.60. The van der Waals surface area contributed by atoms with Crippen LogP contribution in [0.1, 0.15) is 33.1 Å². The largest absolute Gasteiger partial charge is 0.379 e. The summed E-state index contributed by atoms with van der Waals surface area (Å²) < 4.78 is 31.8. The van der Waals surface area contributed by atoms with Crippen LogP contribution in [0.5, 0.6) is 0 Å². The summed E-state index contributed by atoms with van der Waals surface area (Å²) in [6.45, 7) is 6.67. The summed E-state index contributed by atoms with van der Waals surface area (Å²) in [6, 6.07) is 0.764. The zero-order chi connectivity index (χ0) is 15.3. The van der Waals surface area contributed by atoms with Gasteiger partial charge in [0.2, 0.25) is 10.0 Å².